The van der Waals surface area contributed by atoms with Gasteiger partial charge in [-0.05, 0) is 42.4 Å². The van der Waals surface area contributed by atoms with Crippen molar-refractivity contribution in [2.75, 3.05) is 13.1 Å². The highest BCUT2D eigenvalue weighted by molar-refractivity contribution is 5.37. The molecule has 1 aromatic carbocycles. The lowest BCUT2D eigenvalue weighted by molar-refractivity contribution is 0.0306. The molecule has 0 radical (unpaired) electrons. The molecule has 124 valence electrons. The molecule has 5 heteroatoms. The summed E-state index contributed by atoms with van der Waals surface area (Å²) in [6, 6.07) is 12.1. The predicted molar refractivity (Wildman–Crippen MR) is 89.9 cm³/mol. The molecule has 4 rings (SSSR count). The third kappa shape index (κ3) is 2.83. The second kappa shape index (κ2) is 6.39. The maximum absolute atomic E-state index is 10.5. The first-order valence-electron chi connectivity index (χ1n) is 8.62. The van der Waals surface area contributed by atoms with Gasteiger partial charge < -0.3 is 5.11 Å². The molecule has 1 saturated carbocycles. The summed E-state index contributed by atoms with van der Waals surface area (Å²) in [6.07, 6.45) is 5.22. The van der Waals surface area contributed by atoms with Crippen LogP contribution in [0.3, 0.4) is 0 Å². The predicted octanol–water partition coefficient (Wildman–Crippen LogP) is 2.20. The summed E-state index contributed by atoms with van der Waals surface area (Å²) < 4.78 is 1.91. The van der Waals surface area contributed by atoms with E-state index in [-0.39, 0.29) is 12.1 Å². The number of likely N-dealkylation sites (tertiary alicyclic amines) is 1. The van der Waals surface area contributed by atoms with Crippen LogP contribution >= 0.6 is 0 Å². The molecule has 0 unspecified atom stereocenters. The van der Waals surface area contributed by atoms with Crippen LogP contribution in [0.4, 0.5) is 0 Å². The minimum Gasteiger partial charge on any atom is -0.391 e. The zero-order valence-corrected chi connectivity index (χ0v) is 13.6. The van der Waals surface area contributed by atoms with Crippen molar-refractivity contribution in [3.05, 3.63) is 53.9 Å². The molecule has 0 bridgehead atoms. The lowest BCUT2D eigenvalue weighted by Crippen LogP contribution is -2.36. The summed E-state index contributed by atoms with van der Waals surface area (Å²) in [5, 5.41) is 24.1. The summed E-state index contributed by atoms with van der Waals surface area (Å²) in [4.78, 5) is 2.43. The molecule has 24 heavy (non-hydrogen) atoms. The van der Waals surface area contributed by atoms with Gasteiger partial charge in [0.25, 0.3) is 0 Å². The third-order valence-corrected chi connectivity index (χ3v) is 5.58. The molecule has 4 atom stereocenters. The van der Waals surface area contributed by atoms with E-state index < -0.39 is 0 Å². The van der Waals surface area contributed by atoms with E-state index in [0.29, 0.717) is 11.8 Å². The molecular formula is C19H22N4O. The van der Waals surface area contributed by atoms with Gasteiger partial charge in [0.15, 0.2) is 0 Å². The van der Waals surface area contributed by atoms with E-state index in [0.717, 1.165) is 43.6 Å². The Morgan fingerprint density at radius 2 is 1.96 bits per heavy atom. The fourth-order valence-corrected chi connectivity index (χ4v) is 4.40. The van der Waals surface area contributed by atoms with Gasteiger partial charge in [0.2, 0.25) is 0 Å². The van der Waals surface area contributed by atoms with Gasteiger partial charge in [-0.2, -0.15) is 10.4 Å². The van der Waals surface area contributed by atoms with Crippen molar-refractivity contribution in [3.8, 4) is 6.07 Å². The van der Waals surface area contributed by atoms with Crippen LogP contribution in [0.2, 0.25) is 0 Å². The van der Waals surface area contributed by atoms with Gasteiger partial charge in [-0.3, -0.25) is 9.58 Å². The van der Waals surface area contributed by atoms with E-state index in [9.17, 15) is 10.4 Å². The van der Waals surface area contributed by atoms with Crippen molar-refractivity contribution in [1.82, 2.24) is 14.7 Å². The van der Waals surface area contributed by atoms with Crippen LogP contribution in [0.1, 0.15) is 30.0 Å². The van der Waals surface area contributed by atoms with E-state index in [1.54, 1.807) is 6.20 Å². The van der Waals surface area contributed by atoms with E-state index in [1.165, 1.54) is 0 Å². The van der Waals surface area contributed by atoms with Crippen LogP contribution in [-0.2, 0) is 6.54 Å². The molecule has 2 aliphatic rings. The zero-order chi connectivity index (χ0) is 16.5. The number of aliphatic hydroxyl groups is 1. The van der Waals surface area contributed by atoms with Crippen LogP contribution in [-0.4, -0.2) is 39.0 Å². The highest BCUT2D eigenvalue weighted by atomic mass is 16.3. The number of fused-ring (bicyclic) bond motifs is 1. The normalized spacial score (nSPS) is 30.0. The summed E-state index contributed by atoms with van der Waals surface area (Å²) in [7, 11) is 0. The largest absolute Gasteiger partial charge is 0.391 e. The maximum atomic E-state index is 10.5. The van der Waals surface area contributed by atoms with Crippen molar-refractivity contribution in [3.63, 3.8) is 0 Å². The Balaban J connectivity index is 1.45. The Morgan fingerprint density at radius 3 is 2.71 bits per heavy atom. The van der Waals surface area contributed by atoms with Crippen molar-refractivity contribution < 1.29 is 5.11 Å². The van der Waals surface area contributed by atoms with Crippen molar-refractivity contribution >= 4 is 0 Å². The molecule has 2 aromatic rings. The number of hydrogen-bond acceptors (Lipinski definition) is 4. The van der Waals surface area contributed by atoms with Crippen molar-refractivity contribution in [1.29, 1.82) is 5.26 Å². The Labute approximate surface area is 142 Å². The zero-order valence-electron chi connectivity index (χ0n) is 13.6. The quantitative estimate of drug-likeness (QED) is 0.941. The van der Waals surface area contributed by atoms with Gasteiger partial charge in [0.1, 0.15) is 0 Å². The first kappa shape index (κ1) is 15.4. The Kier molecular flexibility index (Phi) is 4.09. The molecule has 0 spiro atoms. The minimum atomic E-state index is -0.322. The summed E-state index contributed by atoms with van der Waals surface area (Å²) in [5.74, 6) is 1.14. The van der Waals surface area contributed by atoms with E-state index in [4.69, 9.17) is 0 Å². The smallest absolute Gasteiger partial charge is 0.0995 e. The van der Waals surface area contributed by atoms with Crippen LogP contribution in [0.25, 0.3) is 0 Å². The average Bonchev–Trinajstić information content (AvgIpc) is 3.23. The van der Waals surface area contributed by atoms with E-state index >= 15 is 0 Å². The lowest BCUT2D eigenvalue weighted by atomic mass is 9.77. The molecule has 1 aromatic heterocycles. The number of hydrogen-bond donors (Lipinski definition) is 1. The summed E-state index contributed by atoms with van der Waals surface area (Å²) >= 11 is 0. The second-order valence-electron chi connectivity index (χ2n) is 7.08. The standard InChI is InChI=1S/C19H22N4O/c20-10-14-4-1-2-5-15(14)11-22-12-16-8-18(23-7-3-6-21-23)19(24)9-17(16)13-22/h1-7,16-19,24H,8-9,11-13H2/t16-,17+,18-,19-/m1/s1. The molecule has 1 N–H and O–H groups in total. The molecule has 1 saturated heterocycles. The first-order chi connectivity index (χ1) is 11.7. The molecule has 2 heterocycles. The number of nitriles is 1. The summed E-state index contributed by atoms with van der Waals surface area (Å²) in [6.45, 7) is 2.86. The van der Waals surface area contributed by atoms with E-state index in [2.05, 4.69) is 16.1 Å². The van der Waals surface area contributed by atoms with Gasteiger partial charge in [-0.25, -0.2) is 0 Å². The third-order valence-electron chi connectivity index (χ3n) is 5.58. The monoisotopic (exact) mass is 322 g/mol. The van der Waals surface area contributed by atoms with Crippen LogP contribution in [0.15, 0.2) is 42.7 Å². The maximum Gasteiger partial charge on any atom is 0.0995 e. The molecule has 2 fully saturated rings. The van der Waals surface area contributed by atoms with Gasteiger partial charge >= 0.3 is 0 Å². The number of benzene rings is 1. The van der Waals surface area contributed by atoms with Gasteiger partial charge in [0, 0.05) is 32.0 Å². The number of aliphatic hydroxyl groups excluding tert-OH is 1. The van der Waals surface area contributed by atoms with E-state index in [1.807, 2.05) is 41.2 Å². The highest BCUT2D eigenvalue weighted by Gasteiger charge is 2.42. The van der Waals surface area contributed by atoms with Crippen molar-refractivity contribution in [2.45, 2.75) is 31.5 Å². The van der Waals surface area contributed by atoms with Crippen molar-refractivity contribution in [2.24, 2.45) is 11.8 Å². The fraction of sp³-hybridized carbons (Fsp3) is 0.474. The summed E-state index contributed by atoms with van der Waals surface area (Å²) in [5.41, 5.74) is 1.87. The van der Waals surface area contributed by atoms with Gasteiger partial charge in [-0.15, -0.1) is 0 Å². The highest BCUT2D eigenvalue weighted by Crippen LogP contribution is 2.41. The topological polar surface area (TPSA) is 65.1 Å². The van der Waals surface area contributed by atoms with Crippen LogP contribution in [0, 0.1) is 23.2 Å². The number of aromatic nitrogens is 2. The number of rotatable bonds is 3. The fourth-order valence-electron chi connectivity index (χ4n) is 4.40. The Morgan fingerprint density at radius 1 is 1.17 bits per heavy atom. The Hall–Kier alpha value is -2.16. The molecule has 0 amide bonds. The van der Waals surface area contributed by atoms with Gasteiger partial charge in [0.05, 0.1) is 23.8 Å². The molecular weight excluding hydrogens is 300 g/mol. The molecule has 5 nitrogen and oxygen atoms in total. The average molecular weight is 322 g/mol. The molecule has 1 aliphatic carbocycles. The first-order valence-corrected chi connectivity index (χ1v) is 8.62. The minimum absolute atomic E-state index is 0.0904. The SMILES string of the molecule is N#Cc1ccccc1CN1C[C@H]2C[C@@H](n3cccn3)[C@H](O)C[C@H]2C1. The lowest BCUT2D eigenvalue weighted by Gasteiger charge is -2.35. The van der Waals surface area contributed by atoms with Crippen LogP contribution in [0.5, 0.6) is 0 Å². The second-order valence-corrected chi connectivity index (χ2v) is 7.08. The number of nitrogens with zero attached hydrogens (tertiary/aromatic N) is 4. The van der Waals surface area contributed by atoms with Crippen LogP contribution < -0.4 is 0 Å². The Bertz CT molecular complexity index is 736. The van der Waals surface area contributed by atoms with Gasteiger partial charge in [-0.1, -0.05) is 18.2 Å². The molecule has 1 aliphatic heterocycles.